The van der Waals surface area contributed by atoms with Gasteiger partial charge in [-0.05, 0) is 54.8 Å². The lowest BCUT2D eigenvalue weighted by molar-refractivity contribution is -0.00521. The summed E-state index contributed by atoms with van der Waals surface area (Å²) in [5.41, 5.74) is 6.23. The number of thiazole rings is 1. The minimum absolute atomic E-state index is 0.178. The Hall–Kier alpha value is -3.66. The number of aromatic nitrogens is 1. The molecule has 3 aromatic carbocycles. The molecule has 0 radical (unpaired) electrons. The Morgan fingerprint density at radius 1 is 0.950 bits per heavy atom. The first-order valence-corrected chi connectivity index (χ1v) is 14.7. The third-order valence-corrected chi connectivity index (χ3v) is 8.34. The number of amides is 2. The van der Waals surface area contributed by atoms with Gasteiger partial charge in [-0.2, -0.15) is 0 Å². The maximum absolute atomic E-state index is 12.4. The van der Waals surface area contributed by atoms with Crippen LogP contribution in [-0.4, -0.2) is 62.6 Å². The SMILES string of the molecule is C[C@@H]1CN(c2nc3c(N4CCOCC4)cc(-c4ccc(NC(=O)NCc5ccccc5)cc4)cc3s2)C[C@H](C)O1. The zero-order valence-electron chi connectivity index (χ0n) is 22.9. The average Bonchev–Trinajstić information content (AvgIpc) is 3.41. The van der Waals surface area contributed by atoms with Gasteiger partial charge in [0.1, 0.15) is 5.52 Å². The highest BCUT2D eigenvalue weighted by molar-refractivity contribution is 7.22. The van der Waals surface area contributed by atoms with Crippen molar-refractivity contribution in [3.05, 3.63) is 72.3 Å². The number of urea groups is 1. The molecular weight excluding hydrogens is 522 g/mol. The molecule has 0 saturated carbocycles. The molecule has 4 aromatic rings. The number of rotatable bonds is 6. The van der Waals surface area contributed by atoms with E-state index in [0.717, 1.165) is 64.9 Å². The lowest BCUT2D eigenvalue weighted by Crippen LogP contribution is -2.45. The fourth-order valence-electron chi connectivity index (χ4n) is 5.38. The molecule has 3 heterocycles. The van der Waals surface area contributed by atoms with Crippen molar-refractivity contribution >= 4 is 44.1 Å². The van der Waals surface area contributed by atoms with E-state index in [9.17, 15) is 4.79 Å². The van der Waals surface area contributed by atoms with Gasteiger partial charge in [0.25, 0.3) is 0 Å². The van der Waals surface area contributed by atoms with E-state index in [1.165, 1.54) is 4.70 Å². The molecule has 6 rings (SSSR count). The van der Waals surface area contributed by atoms with Gasteiger partial charge in [0.2, 0.25) is 0 Å². The maximum Gasteiger partial charge on any atom is 0.319 e. The van der Waals surface area contributed by atoms with Crippen molar-refractivity contribution in [1.29, 1.82) is 0 Å². The number of benzene rings is 3. The van der Waals surface area contributed by atoms with Crippen molar-refractivity contribution in [2.75, 3.05) is 54.5 Å². The molecule has 2 fully saturated rings. The molecule has 8 nitrogen and oxygen atoms in total. The van der Waals surface area contributed by atoms with Crippen LogP contribution in [0.25, 0.3) is 21.3 Å². The summed E-state index contributed by atoms with van der Waals surface area (Å²) in [6, 6.07) is 22.2. The number of hydrogen-bond acceptors (Lipinski definition) is 7. The summed E-state index contributed by atoms with van der Waals surface area (Å²) >= 11 is 1.75. The van der Waals surface area contributed by atoms with Crippen LogP contribution in [-0.2, 0) is 16.0 Å². The Morgan fingerprint density at radius 3 is 2.40 bits per heavy atom. The van der Waals surface area contributed by atoms with Gasteiger partial charge < -0.3 is 29.9 Å². The van der Waals surface area contributed by atoms with Crippen LogP contribution in [0.2, 0.25) is 0 Å². The molecule has 0 aliphatic carbocycles. The van der Waals surface area contributed by atoms with Crippen molar-refractivity contribution in [1.82, 2.24) is 10.3 Å². The zero-order valence-corrected chi connectivity index (χ0v) is 23.7. The fraction of sp³-hybridized carbons (Fsp3) is 0.355. The third kappa shape index (κ3) is 6.06. The van der Waals surface area contributed by atoms with Crippen LogP contribution in [0.5, 0.6) is 0 Å². The fourth-order valence-corrected chi connectivity index (χ4v) is 6.43. The van der Waals surface area contributed by atoms with Crippen LogP contribution < -0.4 is 20.4 Å². The number of anilines is 3. The summed E-state index contributed by atoms with van der Waals surface area (Å²) in [6.07, 6.45) is 0.357. The summed E-state index contributed by atoms with van der Waals surface area (Å²) < 4.78 is 12.8. The second-order valence-electron chi connectivity index (χ2n) is 10.5. The Kier molecular flexibility index (Phi) is 7.86. The summed E-state index contributed by atoms with van der Waals surface area (Å²) in [6.45, 7) is 9.54. The molecule has 2 atom stereocenters. The summed E-state index contributed by atoms with van der Waals surface area (Å²) in [4.78, 5) is 22.3. The Balaban J connectivity index is 1.24. The van der Waals surface area contributed by atoms with E-state index < -0.39 is 0 Å². The summed E-state index contributed by atoms with van der Waals surface area (Å²) in [5, 5.41) is 6.89. The highest BCUT2D eigenvalue weighted by Crippen LogP contribution is 2.39. The largest absolute Gasteiger partial charge is 0.378 e. The van der Waals surface area contributed by atoms with E-state index in [-0.39, 0.29) is 18.2 Å². The first-order chi connectivity index (χ1) is 19.5. The van der Waals surface area contributed by atoms with Gasteiger partial charge in [0, 0.05) is 38.4 Å². The van der Waals surface area contributed by atoms with Gasteiger partial charge in [-0.15, -0.1) is 0 Å². The first-order valence-electron chi connectivity index (χ1n) is 13.9. The van der Waals surface area contributed by atoms with Gasteiger partial charge in [-0.25, -0.2) is 9.78 Å². The lowest BCUT2D eigenvalue weighted by Gasteiger charge is -2.35. The molecule has 2 N–H and O–H groups in total. The number of carbonyl (C=O) groups excluding carboxylic acids is 1. The van der Waals surface area contributed by atoms with E-state index >= 15 is 0 Å². The average molecular weight is 558 g/mol. The van der Waals surface area contributed by atoms with E-state index in [4.69, 9.17) is 14.5 Å². The molecule has 1 aromatic heterocycles. The van der Waals surface area contributed by atoms with Gasteiger partial charge in [-0.1, -0.05) is 53.8 Å². The second kappa shape index (κ2) is 11.8. The molecule has 2 saturated heterocycles. The quantitative estimate of drug-likeness (QED) is 0.315. The monoisotopic (exact) mass is 557 g/mol. The van der Waals surface area contributed by atoms with E-state index in [2.05, 4.69) is 58.5 Å². The lowest BCUT2D eigenvalue weighted by atomic mass is 10.0. The number of nitrogens with one attached hydrogen (secondary N) is 2. The summed E-state index contributed by atoms with van der Waals surface area (Å²) in [7, 11) is 0. The van der Waals surface area contributed by atoms with Crippen LogP contribution in [0.4, 0.5) is 21.3 Å². The van der Waals surface area contributed by atoms with Gasteiger partial charge >= 0.3 is 6.03 Å². The van der Waals surface area contributed by atoms with Crippen LogP contribution in [0.3, 0.4) is 0 Å². The molecule has 2 aliphatic heterocycles. The van der Waals surface area contributed by atoms with E-state index in [0.29, 0.717) is 19.8 Å². The van der Waals surface area contributed by atoms with E-state index in [1.807, 2.05) is 42.5 Å². The Morgan fingerprint density at radius 2 is 1.68 bits per heavy atom. The number of hydrogen-bond donors (Lipinski definition) is 2. The molecule has 0 spiro atoms. The van der Waals surface area contributed by atoms with E-state index in [1.54, 1.807) is 11.3 Å². The number of carbonyl (C=O) groups is 1. The molecule has 40 heavy (non-hydrogen) atoms. The zero-order chi connectivity index (χ0) is 27.5. The van der Waals surface area contributed by atoms with Crippen LogP contribution in [0.1, 0.15) is 19.4 Å². The van der Waals surface area contributed by atoms with Crippen molar-refractivity contribution in [2.45, 2.75) is 32.6 Å². The molecule has 0 bridgehead atoms. The minimum Gasteiger partial charge on any atom is -0.378 e. The standard InChI is InChI=1S/C31H35N5O3S/c1-21-19-36(20-22(2)39-21)31-34-29-27(35-12-14-38-15-13-35)16-25(17-28(29)40-31)24-8-10-26(11-9-24)33-30(37)32-18-23-6-4-3-5-7-23/h3-11,16-17,21-22H,12-15,18-20H2,1-2H3,(H2,32,33,37)/t21-,22+. The number of fused-ring (bicyclic) bond motifs is 1. The predicted molar refractivity (Wildman–Crippen MR) is 163 cm³/mol. The molecule has 2 aliphatic rings. The first kappa shape index (κ1) is 26.6. The van der Waals surface area contributed by atoms with Crippen molar-refractivity contribution in [2.24, 2.45) is 0 Å². The van der Waals surface area contributed by atoms with Crippen molar-refractivity contribution in [3.8, 4) is 11.1 Å². The van der Waals surface area contributed by atoms with Gasteiger partial charge in [0.05, 0.1) is 35.8 Å². The van der Waals surface area contributed by atoms with Gasteiger partial charge in [-0.3, -0.25) is 0 Å². The van der Waals surface area contributed by atoms with Crippen molar-refractivity contribution in [3.63, 3.8) is 0 Å². The van der Waals surface area contributed by atoms with Crippen molar-refractivity contribution < 1.29 is 14.3 Å². The van der Waals surface area contributed by atoms with Crippen LogP contribution in [0.15, 0.2) is 66.7 Å². The minimum atomic E-state index is -0.225. The van der Waals surface area contributed by atoms with Crippen LogP contribution >= 0.6 is 11.3 Å². The van der Waals surface area contributed by atoms with Crippen LogP contribution in [0, 0.1) is 0 Å². The number of nitrogens with zero attached hydrogens (tertiary/aromatic N) is 3. The maximum atomic E-state index is 12.4. The number of ether oxygens (including phenoxy) is 2. The molecule has 0 unspecified atom stereocenters. The Bertz CT molecular complexity index is 1440. The third-order valence-electron chi connectivity index (χ3n) is 7.28. The molecule has 9 heteroatoms. The molecular formula is C31H35N5O3S. The second-order valence-corrected chi connectivity index (χ2v) is 11.5. The smallest absolute Gasteiger partial charge is 0.319 e. The highest BCUT2D eigenvalue weighted by atomic mass is 32.1. The summed E-state index contributed by atoms with van der Waals surface area (Å²) in [5.74, 6) is 0. The molecule has 208 valence electrons. The molecule has 2 amide bonds. The Labute approximate surface area is 238 Å². The predicted octanol–water partition coefficient (Wildman–Crippen LogP) is 5.74. The van der Waals surface area contributed by atoms with Gasteiger partial charge in [0.15, 0.2) is 5.13 Å². The topological polar surface area (TPSA) is 79.0 Å². The highest BCUT2D eigenvalue weighted by Gasteiger charge is 2.26. The number of morpholine rings is 2. The normalized spacial score (nSPS) is 19.6.